The molecule has 0 saturated carbocycles. The van der Waals surface area contributed by atoms with Crippen molar-refractivity contribution in [2.45, 2.75) is 12.1 Å². The Bertz CT molecular complexity index is 1860. The highest BCUT2D eigenvalue weighted by Gasteiger charge is 2.48. The maximum atomic E-state index is 4.79. The molecule has 5 heterocycles. The highest BCUT2D eigenvalue weighted by molar-refractivity contribution is 5.81. The summed E-state index contributed by atoms with van der Waals surface area (Å²) in [5.74, 6) is 0.712. The van der Waals surface area contributed by atoms with Gasteiger partial charge in [-0.3, -0.25) is 4.48 Å². The van der Waals surface area contributed by atoms with E-state index < -0.39 is 5.54 Å². The van der Waals surface area contributed by atoms with Crippen LogP contribution in [0.4, 0.5) is 0 Å². The zero-order chi connectivity index (χ0) is 31.3. The second-order valence-electron chi connectivity index (χ2n) is 13.3. The number of nitrogens with zero attached hydrogens (tertiary/aromatic N) is 8. The first-order valence-electron chi connectivity index (χ1n) is 16.4. The van der Waals surface area contributed by atoms with Gasteiger partial charge in [0, 0.05) is 11.1 Å². The lowest BCUT2D eigenvalue weighted by molar-refractivity contribution is -0.991. The van der Waals surface area contributed by atoms with Crippen LogP contribution < -0.4 is 0 Å². The topological polar surface area (TPSA) is 53.3 Å². The molecule has 4 aliphatic rings. The third-order valence-corrected chi connectivity index (χ3v) is 10.0. The van der Waals surface area contributed by atoms with E-state index in [1.165, 1.54) is 5.56 Å². The predicted octanol–water partition coefficient (Wildman–Crippen LogP) is 5.86. The Balaban J connectivity index is 1.14. The fraction of sp³-hybridized carbons (Fsp3) is 0.205. The summed E-state index contributed by atoms with van der Waals surface area (Å²) >= 11 is 0. The van der Waals surface area contributed by atoms with Gasteiger partial charge in [0.25, 0.3) is 0 Å². The monoisotopic (exact) mass is 617 g/mol. The number of tetrazole rings is 1. The normalized spacial score (nSPS) is 23.2. The average Bonchev–Trinajstić information content (AvgIpc) is 3.60. The Morgan fingerprint density at radius 1 is 0.532 bits per heavy atom. The molecule has 8 heteroatoms. The number of rotatable bonds is 8. The van der Waals surface area contributed by atoms with Crippen LogP contribution in [0, 0.1) is 0 Å². The van der Waals surface area contributed by atoms with Crippen molar-refractivity contribution < 1.29 is 4.48 Å². The zero-order valence-electron chi connectivity index (χ0n) is 26.3. The van der Waals surface area contributed by atoms with E-state index >= 15 is 0 Å². The van der Waals surface area contributed by atoms with Crippen molar-refractivity contribution in [3.63, 3.8) is 0 Å². The minimum Gasteiger partial charge on any atom is -0.282 e. The minimum atomic E-state index is -0.808. The van der Waals surface area contributed by atoms with Crippen LogP contribution in [0.5, 0.6) is 0 Å². The maximum absolute atomic E-state index is 4.79. The molecule has 8 nitrogen and oxygen atoms in total. The lowest BCUT2D eigenvalue weighted by Crippen LogP contribution is -2.78. The van der Waals surface area contributed by atoms with Crippen LogP contribution in [0.1, 0.15) is 22.3 Å². The van der Waals surface area contributed by atoms with E-state index in [0.717, 1.165) is 84.4 Å². The van der Waals surface area contributed by atoms with Crippen LogP contribution in [-0.2, 0) is 12.1 Å². The third-order valence-electron chi connectivity index (χ3n) is 10.0. The first kappa shape index (κ1) is 28.3. The van der Waals surface area contributed by atoms with Crippen LogP contribution in [0.2, 0.25) is 0 Å². The zero-order valence-corrected chi connectivity index (χ0v) is 26.3. The van der Waals surface area contributed by atoms with Crippen molar-refractivity contribution in [1.29, 1.82) is 0 Å². The Kier molecular flexibility index (Phi) is 6.83. The van der Waals surface area contributed by atoms with Gasteiger partial charge in [-0.25, -0.2) is 19.4 Å². The van der Waals surface area contributed by atoms with E-state index in [0.29, 0.717) is 5.82 Å². The van der Waals surface area contributed by atoms with Gasteiger partial charge in [0.2, 0.25) is 0 Å². The van der Waals surface area contributed by atoms with Gasteiger partial charge in [0.1, 0.15) is 32.1 Å². The van der Waals surface area contributed by atoms with Gasteiger partial charge in [-0.2, -0.15) is 0 Å². The summed E-state index contributed by atoms with van der Waals surface area (Å²) < 4.78 is 3.11. The summed E-state index contributed by atoms with van der Waals surface area (Å²) in [6.07, 6.45) is 0. The molecular weight excluding hydrogens is 580 g/mol. The molecule has 0 aliphatic carbocycles. The van der Waals surface area contributed by atoms with Crippen LogP contribution in [0.15, 0.2) is 140 Å². The summed E-state index contributed by atoms with van der Waals surface area (Å²) in [7, 11) is 0. The molecule has 4 fully saturated rings. The van der Waals surface area contributed by atoms with Crippen LogP contribution >= 0.6 is 0 Å². The van der Waals surface area contributed by atoms with Crippen LogP contribution in [0.25, 0.3) is 22.5 Å². The van der Waals surface area contributed by atoms with Gasteiger partial charge in [0.15, 0.2) is 5.82 Å². The molecule has 4 bridgehead atoms. The molecule has 0 unspecified atom stereocenters. The van der Waals surface area contributed by atoms with Gasteiger partial charge >= 0.3 is 0 Å². The van der Waals surface area contributed by atoms with Crippen molar-refractivity contribution in [3.05, 3.63) is 162 Å². The molecule has 232 valence electrons. The summed E-state index contributed by atoms with van der Waals surface area (Å²) in [6.45, 7) is 7.74. The molecule has 10 rings (SSSR count). The fourth-order valence-electron chi connectivity index (χ4n) is 8.40. The van der Waals surface area contributed by atoms with E-state index in [-0.39, 0.29) is 0 Å². The SMILES string of the molecule is c1ccc(C(c2ccccc2)(c2ccccc2)n2nnnc2-c2ccccc2-c2ccc(C[N+]34CN5CN(CN(C5)C3)C4)cc2)cc1. The van der Waals surface area contributed by atoms with E-state index in [4.69, 9.17) is 10.3 Å². The van der Waals surface area contributed by atoms with E-state index in [1.807, 2.05) is 4.68 Å². The summed E-state index contributed by atoms with van der Waals surface area (Å²) in [5, 5.41) is 13.9. The largest absolute Gasteiger partial charge is 0.282 e. The molecule has 6 aromatic rings. The highest BCUT2D eigenvalue weighted by atomic mass is 15.7. The van der Waals surface area contributed by atoms with Crippen molar-refractivity contribution in [3.8, 4) is 22.5 Å². The molecule has 0 atom stereocenters. The van der Waals surface area contributed by atoms with Gasteiger partial charge < -0.3 is 0 Å². The highest BCUT2D eigenvalue weighted by Crippen LogP contribution is 2.43. The molecule has 1 aromatic heterocycles. The molecule has 0 spiro atoms. The van der Waals surface area contributed by atoms with Crippen molar-refractivity contribution >= 4 is 0 Å². The maximum Gasteiger partial charge on any atom is 0.184 e. The Morgan fingerprint density at radius 3 is 1.51 bits per heavy atom. The quantitative estimate of drug-likeness (QED) is 0.158. The van der Waals surface area contributed by atoms with Crippen LogP contribution in [0.3, 0.4) is 0 Å². The van der Waals surface area contributed by atoms with E-state index in [1.54, 1.807) is 0 Å². The Labute approximate surface area is 275 Å². The second-order valence-corrected chi connectivity index (χ2v) is 13.3. The standard InChI is InChI=1S/C39H37N8/c1-4-12-33(13-5-1)39(34-14-6-2-7-15-34,35-16-8-3-9-17-35)46-38(40-41-42-46)37-19-11-10-18-36(37)32-22-20-31(21-23-32)24-47-28-43-25-44(29-47)27-45(26-43)30-47/h1-23H,24-30H2/q+1. The molecule has 47 heavy (non-hydrogen) atoms. The first-order chi connectivity index (χ1) is 23.2. The first-order valence-corrected chi connectivity index (χ1v) is 16.4. The third kappa shape index (κ3) is 4.80. The number of hydrogen-bond donors (Lipinski definition) is 0. The molecule has 4 aliphatic heterocycles. The van der Waals surface area contributed by atoms with Crippen molar-refractivity contribution in [2.24, 2.45) is 0 Å². The summed E-state index contributed by atoms with van der Waals surface area (Å²) in [4.78, 5) is 7.73. The predicted molar refractivity (Wildman–Crippen MR) is 182 cm³/mol. The number of benzene rings is 5. The lowest BCUT2D eigenvalue weighted by Gasteiger charge is -2.60. The average molecular weight is 618 g/mol. The van der Waals surface area contributed by atoms with Gasteiger partial charge in [0.05, 0.1) is 20.0 Å². The van der Waals surface area contributed by atoms with Crippen LogP contribution in [-0.4, -0.2) is 79.4 Å². The van der Waals surface area contributed by atoms with E-state index in [9.17, 15) is 0 Å². The molecule has 0 N–H and O–H groups in total. The van der Waals surface area contributed by atoms with Gasteiger partial charge in [-0.15, -0.1) is 5.10 Å². The van der Waals surface area contributed by atoms with Crippen molar-refractivity contribution in [1.82, 2.24) is 34.9 Å². The lowest BCUT2D eigenvalue weighted by atomic mass is 9.77. The second kappa shape index (κ2) is 11.4. The smallest absolute Gasteiger partial charge is 0.184 e. The fourth-order valence-corrected chi connectivity index (χ4v) is 8.40. The molecule has 5 aromatic carbocycles. The molecule has 4 saturated heterocycles. The number of aromatic nitrogens is 4. The molecule has 0 radical (unpaired) electrons. The number of hydrogen-bond acceptors (Lipinski definition) is 6. The summed E-state index contributed by atoms with van der Waals surface area (Å²) in [6, 6.07) is 49.4. The minimum absolute atomic E-state index is 0.712. The summed E-state index contributed by atoms with van der Waals surface area (Å²) in [5.41, 5.74) is 7.06. The Hall–Kier alpha value is -4.99. The van der Waals surface area contributed by atoms with Gasteiger partial charge in [-0.1, -0.05) is 140 Å². The van der Waals surface area contributed by atoms with Crippen molar-refractivity contribution in [2.75, 3.05) is 40.0 Å². The van der Waals surface area contributed by atoms with Gasteiger partial charge in [-0.05, 0) is 38.2 Å². The molecule has 0 amide bonds. The Morgan fingerprint density at radius 2 is 1.00 bits per heavy atom. The molecular formula is C39H37N8+. The van der Waals surface area contributed by atoms with E-state index in [2.05, 4.69) is 159 Å². The number of quaternary nitrogens is 1.